The van der Waals surface area contributed by atoms with Crippen LogP contribution in [-0.2, 0) is 7.05 Å². The lowest BCUT2D eigenvalue weighted by Crippen LogP contribution is -2.19. The molecule has 4 heteroatoms. The summed E-state index contributed by atoms with van der Waals surface area (Å²) in [4.78, 5) is 11.8. The Labute approximate surface area is 102 Å². The molecule has 3 nitrogen and oxygen atoms in total. The molecule has 0 spiro atoms. The SMILES string of the molecule is COc1cc(Br)c2cc(C)c(=O)n(C)c2c1. The van der Waals surface area contributed by atoms with E-state index in [4.69, 9.17) is 4.74 Å². The Morgan fingerprint density at radius 2 is 2.00 bits per heavy atom. The second-order valence-corrected chi connectivity index (χ2v) is 4.59. The third-order valence-corrected chi connectivity index (χ3v) is 3.34. The van der Waals surface area contributed by atoms with Crippen molar-refractivity contribution in [3.8, 4) is 5.75 Å². The average Bonchev–Trinajstić information content (AvgIpc) is 2.27. The minimum atomic E-state index is 0.0210. The van der Waals surface area contributed by atoms with E-state index in [1.165, 1.54) is 0 Å². The first-order valence-electron chi connectivity index (χ1n) is 4.88. The average molecular weight is 282 g/mol. The monoisotopic (exact) mass is 281 g/mol. The molecule has 0 aliphatic rings. The molecule has 0 bridgehead atoms. The van der Waals surface area contributed by atoms with E-state index in [0.29, 0.717) is 0 Å². The van der Waals surface area contributed by atoms with Gasteiger partial charge in [-0.15, -0.1) is 0 Å². The van der Waals surface area contributed by atoms with Gasteiger partial charge in [0.2, 0.25) is 0 Å². The largest absolute Gasteiger partial charge is 0.497 e. The van der Waals surface area contributed by atoms with Gasteiger partial charge in [0.05, 0.1) is 12.6 Å². The number of benzene rings is 1. The maximum Gasteiger partial charge on any atom is 0.253 e. The molecule has 0 aliphatic carbocycles. The normalized spacial score (nSPS) is 10.8. The van der Waals surface area contributed by atoms with Gasteiger partial charge in [0.1, 0.15) is 5.75 Å². The Hall–Kier alpha value is -1.29. The van der Waals surface area contributed by atoms with Gasteiger partial charge in [0.15, 0.2) is 0 Å². The van der Waals surface area contributed by atoms with Gasteiger partial charge in [-0.25, -0.2) is 0 Å². The van der Waals surface area contributed by atoms with Crippen molar-refractivity contribution < 1.29 is 4.74 Å². The summed E-state index contributed by atoms with van der Waals surface area (Å²) in [7, 11) is 3.38. The Balaban J connectivity index is 2.96. The number of ether oxygens (including phenoxy) is 1. The van der Waals surface area contributed by atoms with E-state index >= 15 is 0 Å². The van der Waals surface area contributed by atoms with E-state index < -0.39 is 0 Å². The number of methoxy groups -OCH3 is 1. The molecule has 0 amide bonds. The van der Waals surface area contributed by atoms with Crippen LogP contribution in [0.4, 0.5) is 0 Å². The van der Waals surface area contributed by atoms with Crippen LogP contribution in [0.3, 0.4) is 0 Å². The second kappa shape index (κ2) is 3.94. The predicted molar refractivity (Wildman–Crippen MR) is 68.2 cm³/mol. The summed E-state index contributed by atoms with van der Waals surface area (Å²) in [6.45, 7) is 1.82. The summed E-state index contributed by atoms with van der Waals surface area (Å²) in [6, 6.07) is 5.65. The number of rotatable bonds is 1. The van der Waals surface area contributed by atoms with Crippen LogP contribution < -0.4 is 10.3 Å². The number of hydrogen-bond acceptors (Lipinski definition) is 2. The van der Waals surface area contributed by atoms with Crippen LogP contribution in [0.1, 0.15) is 5.56 Å². The molecule has 2 aromatic rings. The standard InChI is InChI=1S/C12H12BrNO2/c1-7-4-9-10(13)5-8(16-3)6-11(9)14(2)12(7)15/h4-6H,1-3H3. The van der Waals surface area contributed by atoms with Gasteiger partial charge in [-0.05, 0) is 35.0 Å². The minimum Gasteiger partial charge on any atom is -0.497 e. The zero-order chi connectivity index (χ0) is 11.9. The minimum absolute atomic E-state index is 0.0210. The van der Waals surface area contributed by atoms with Crippen LogP contribution in [0, 0.1) is 6.92 Å². The highest BCUT2D eigenvalue weighted by atomic mass is 79.9. The fraction of sp³-hybridized carbons (Fsp3) is 0.250. The van der Waals surface area contributed by atoms with Crippen LogP contribution in [0.25, 0.3) is 10.9 Å². The third-order valence-electron chi connectivity index (χ3n) is 2.68. The van der Waals surface area contributed by atoms with Gasteiger partial charge < -0.3 is 9.30 Å². The van der Waals surface area contributed by atoms with E-state index in [-0.39, 0.29) is 5.56 Å². The second-order valence-electron chi connectivity index (χ2n) is 3.73. The number of fused-ring (bicyclic) bond motifs is 1. The van der Waals surface area contributed by atoms with Crippen molar-refractivity contribution in [2.45, 2.75) is 6.92 Å². The van der Waals surface area contributed by atoms with E-state index in [9.17, 15) is 4.79 Å². The van der Waals surface area contributed by atoms with Crippen molar-refractivity contribution in [3.05, 3.63) is 38.6 Å². The fourth-order valence-corrected chi connectivity index (χ4v) is 2.31. The first-order chi connectivity index (χ1) is 7.54. The van der Waals surface area contributed by atoms with Gasteiger partial charge >= 0.3 is 0 Å². The van der Waals surface area contributed by atoms with Crippen molar-refractivity contribution in [3.63, 3.8) is 0 Å². The fourth-order valence-electron chi connectivity index (χ4n) is 1.77. The smallest absolute Gasteiger partial charge is 0.253 e. The lowest BCUT2D eigenvalue weighted by atomic mass is 10.1. The van der Waals surface area contributed by atoms with Gasteiger partial charge in [-0.1, -0.05) is 0 Å². The Morgan fingerprint density at radius 3 is 2.62 bits per heavy atom. The van der Waals surface area contributed by atoms with Crippen LogP contribution in [0.15, 0.2) is 27.5 Å². The summed E-state index contributed by atoms with van der Waals surface area (Å²) in [6.07, 6.45) is 0. The van der Waals surface area contributed by atoms with Crippen molar-refractivity contribution in [1.29, 1.82) is 0 Å². The van der Waals surface area contributed by atoms with Gasteiger partial charge in [-0.2, -0.15) is 0 Å². The first kappa shape index (κ1) is 11.2. The molecule has 0 saturated heterocycles. The molecule has 0 radical (unpaired) electrons. The maximum atomic E-state index is 11.8. The van der Waals surface area contributed by atoms with Crippen molar-refractivity contribution in [2.24, 2.45) is 7.05 Å². The summed E-state index contributed by atoms with van der Waals surface area (Å²) in [5.41, 5.74) is 1.62. The van der Waals surface area contributed by atoms with Gasteiger partial charge in [0.25, 0.3) is 5.56 Å². The number of hydrogen-bond donors (Lipinski definition) is 0. The molecule has 0 aliphatic heterocycles. The highest BCUT2D eigenvalue weighted by molar-refractivity contribution is 9.10. The molecule has 1 aromatic heterocycles. The lowest BCUT2D eigenvalue weighted by Gasteiger charge is -2.10. The van der Waals surface area contributed by atoms with E-state index in [1.54, 1.807) is 18.7 Å². The summed E-state index contributed by atoms with van der Waals surface area (Å²) in [5, 5.41) is 1.01. The Morgan fingerprint density at radius 1 is 1.31 bits per heavy atom. The highest BCUT2D eigenvalue weighted by Gasteiger charge is 2.08. The number of halogens is 1. The summed E-state index contributed by atoms with van der Waals surface area (Å²) < 4.78 is 7.75. The maximum absolute atomic E-state index is 11.8. The Bertz CT molecular complexity index is 616. The zero-order valence-corrected chi connectivity index (χ0v) is 11.0. The number of aromatic nitrogens is 1. The molecule has 1 heterocycles. The Kier molecular flexibility index (Phi) is 2.76. The van der Waals surface area contributed by atoms with Crippen LogP contribution in [-0.4, -0.2) is 11.7 Å². The molecule has 1 aromatic carbocycles. The molecule has 0 saturated carbocycles. The summed E-state index contributed by atoms with van der Waals surface area (Å²) >= 11 is 3.49. The van der Waals surface area contributed by atoms with Gasteiger partial charge in [-0.3, -0.25) is 4.79 Å². The highest BCUT2D eigenvalue weighted by Crippen LogP contribution is 2.28. The van der Waals surface area contributed by atoms with Crippen LogP contribution in [0.5, 0.6) is 5.75 Å². The molecular weight excluding hydrogens is 270 g/mol. The number of pyridine rings is 1. The molecule has 84 valence electrons. The third kappa shape index (κ3) is 1.63. The van der Waals surface area contributed by atoms with Crippen molar-refractivity contribution in [1.82, 2.24) is 4.57 Å². The molecule has 0 atom stereocenters. The molecule has 0 N–H and O–H groups in total. The molecular formula is C12H12BrNO2. The zero-order valence-electron chi connectivity index (χ0n) is 9.37. The lowest BCUT2D eigenvalue weighted by molar-refractivity contribution is 0.415. The first-order valence-corrected chi connectivity index (χ1v) is 5.67. The van der Waals surface area contributed by atoms with Gasteiger partial charge in [0, 0.05) is 28.5 Å². The molecule has 0 unspecified atom stereocenters. The number of nitrogens with zero attached hydrogens (tertiary/aromatic N) is 1. The molecule has 2 rings (SSSR count). The topological polar surface area (TPSA) is 31.2 Å². The van der Waals surface area contributed by atoms with Crippen molar-refractivity contribution in [2.75, 3.05) is 7.11 Å². The van der Waals surface area contributed by atoms with Crippen LogP contribution >= 0.6 is 15.9 Å². The van der Waals surface area contributed by atoms with E-state index in [0.717, 1.165) is 26.7 Å². The van der Waals surface area contributed by atoms with Crippen molar-refractivity contribution >= 4 is 26.8 Å². The number of aryl methyl sites for hydroxylation is 2. The molecule has 16 heavy (non-hydrogen) atoms. The van der Waals surface area contributed by atoms with E-state index in [1.807, 2.05) is 25.1 Å². The van der Waals surface area contributed by atoms with Crippen LogP contribution in [0.2, 0.25) is 0 Å². The predicted octanol–water partition coefficient (Wildman–Crippen LogP) is 2.62. The summed E-state index contributed by atoms with van der Waals surface area (Å²) in [5.74, 6) is 0.734. The van der Waals surface area contributed by atoms with E-state index in [2.05, 4.69) is 15.9 Å². The molecule has 0 fully saturated rings. The quantitative estimate of drug-likeness (QED) is 0.805.